The Kier molecular flexibility index (Phi) is 3.32. The van der Waals surface area contributed by atoms with Gasteiger partial charge in [-0.05, 0) is 59.7 Å². The van der Waals surface area contributed by atoms with E-state index in [0.29, 0.717) is 5.92 Å². The zero-order valence-electron chi connectivity index (χ0n) is 15.2. The van der Waals surface area contributed by atoms with E-state index in [1.54, 1.807) is 0 Å². The van der Waals surface area contributed by atoms with Gasteiger partial charge in [-0.2, -0.15) is 0 Å². The van der Waals surface area contributed by atoms with E-state index in [-0.39, 0.29) is 0 Å². The third-order valence-corrected chi connectivity index (χ3v) is 5.71. The Balaban J connectivity index is 1.34. The van der Waals surface area contributed by atoms with E-state index in [1.807, 2.05) is 36.5 Å². The van der Waals surface area contributed by atoms with Gasteiger partial charge in [0.05, 0.1) is 5.52 Å². The quantitative estimate of drug-likeness (QED) is 0.426. The van der Waals surface area contributed by atoms with Crippen molar-refractivity contribution in [2.24, 2.45) is 0 Å². The predicted molar refractivity (Wildman–Crippen MR) is 109 cm³/mol. The highest BCUT2D eigenvalue weighted by Gasteiger charge is 2.24. The number of rotatable bonds is 2. The molecule has 4 nitrogen and oxygen atoms in total. The van der Waals surface area contributed by atoms with Gasteiger partial charge in [0.25, 0.3) is 0 Å². The van der Waals surface area contributed by atoms with Crippen molar-refractivity contribution in [3.8, 4) is 11.4 Å². The van der Waals surface area contributed by atoms with Crippen LogP contribution in [-0.2, 0) is 12.8 Å². The minimum atomic E-state index is 0.476. The molecule has 0 saturated heterocycles. The minimum Gasteiger partial charge on any atom is -0.443 e. The Morgan fingerprint density at radius 2 is 1.75 bits per heavy atom. The largest absolute Gasteiger partial charge is 0.443 e. The maximum atomic E-state index is 5.37. The number of fused-ring (bicyclic) bond motifs is 3. The second-order valence-corrected chi connectivity index (χ2v) is 7.42. The van der Waals surface area contributed by atoms with Crippen LogP contribution in [0.4, 0.5) is 0 Å². The van der Waals surface area contributed by atoms with Crippen molar-refractivity contribution in [1.82, 2.24) is 15.0 Å². The van der Waals surface area contributed by atoms with Gasteiger partial charge in [0.15, 0.2) is 17.8 Å². The summed E-state index contributed by atoms with van der Waals surface area (Å²) in [6.45, 7) is 0. The molecule has 4 heteroatoms. The van der Waals surface area contributed by atoms with Crippen molar-refractivity contribution < 1.29 is 4.42 Å². The smallest absolute Gasteiger partial charge is 0.181 e. The van der Waals surface area contributed by atoms with Crippen LogP contribution in [0.5, 0.6) is 0 Å². The van der Waals surface area contributed by atoms with Crippen LogP contribution in [0.15, 0.2) is 77.7 Å². The van der Waals surface area contributed by atoms with E-state index < -0.39 is 0 Å². The van der Waals surface area contributed by atoms with Gasteiger partial charge in [-0.3, -0.25) is 0 Å². The first-order valence-electron chi connectivity index (χ1n) is 9.51. The summed E-state index contributed by atoms with van der Waals surface area (Å²) in [6.07, 6.45) is 5.49. The number of hydrogen-bond donors (Lipinski definition) is 0. The van der Waals surface area contributed by atoms with Crippen LogP contribution >= 0.6 is 0 Å². The number of nitrogens with zero attached hydrogens (tertiary/aromatic N) is 3. The molecule has 134 valence electrons. The number of oxazole rings is 1. The van der Waals surface area contributed by atoms with Gasteiger partial charge < -0.3 is 4.42 Å². The topological polar surface area (TPSA) is 51.8 Å². The van der Waals surface area contributed by atoms with Gasteiger partial charge in [0.1, 0.15) is 5.52 Å². The average Bonchev–Trinajstić information content (AvgIpc) is 3.39. The minimum absolute atomic E-state index is 0.476. The van der Waals surface area contributed by atoms with E-state index in [4.69, 9.17) is 9.40 Å². The van der Waals surface area contributed by atoms with Crippen molar-refractivity contribution in [3.63, 3.8) is 0 Å². The Hall–Kier alpha value is -3.53. The Morgan fingerprint density at radius 3 is 2.75 bits per heavy atom. The molecular formula is C24H17N3O. The summed E-state index contributed by atoms with van der Waals surface area (Å²) in [5, 5.41) is 1.07. The summed E-state index contributed by atoms with van der Waals surface area (Å²) in [4.78, 5) is 13.6. The molecule has 0 N–H and O–H groups in total. The lowest BCUT2D eigenvalue weighted by molar-refractivity contribution is 0.602. The molecule has 1 atom stereocenters. The lowest BCUT2D eigenvalue weighted by Crippen LogP contribution is -1.97. The molecule has 0 spiro atoms. The average molecular weight is 363 g/mol. The van der Waals surface area contributed by atoms with Crippen LogP contribution in [0, 0.1) is 0 Å². The molecule has 0 bridgehead atoms. The standard InChI is InChI=1S/C24H17N3O/c1-2-4-21-18(3-1)13-25-24(27-21)17-6-5-15-9-19(11-20(15)10-17)16-7-8-23-22(12-16)26-14-28-23/h1-8,10,12-14,19H,9,11H2. The second-order valence-electron chi connectivity index (χ2n) is 7.42. The first kappa shape index (κ1) is 15.5. The Bertz CT molecular complexity index is 1340. The van der Waals surface area contributed by atoms with E-state index in [0.717, 1.165) is 46.2 Å². The highest BCUT2D eigenvalue weighted by atomic mass is 16.3. The molecule has 2 aromatic heterocycles. The number of para-hydroxylation sites is 1. The van der Waals surface area contributed by atoms with E-state index in [2.05, 4.69) is 40.3 Å². The van der Waals surface area contributed by atoms with Gasteiger partial charge in [0.2, 0.25) is 0 Å². The molecule has 0 saturated carbocycles. The van der Waals surface area contributed by atoms with Crippen LogP contribution in [0.2, 0.25) is 0 Å². The van der Waals surface area contributed by atoms with E-state index in [1.165, 1.54) is 23.1 Å². The molecule has 6 rings (SSSR count). The van der Waals surface area contributed by atoms with Crippen LogP contribution < -0.4 is 0 Å². The number of hydrogen-bond acceptors (Lipinski definition) is 4. The summed E-state index contributed by atoms with van der Waals surface area (Å²) in [5.41, 5.74) is 7.95. The normalized spacial score (nSPS) is 15.9. The predicted octanol–water partition coefficient (Wildman–Crippen LogP) is 5.32. The van der Waals surface area contributed by atoms with Crippen LogP contribution in [0.25, 0.3) is 33.4 Å². The monoisotopic (exact) mass is 363 g/mol. The third-order valence-electron chi connectivity index (χ3n) is 5.71. The fourth-order valence-electron chi connectivity index (χ4n) is 4.23. The molecule has 1 aliphatic carbocycles. The number of benzene rings is 3. The third kappa shape index (κ3) is 2.49. The highest BCUT2D eigenvalue weighted by molar-refractivity contribution is 5.79. The molecule has 0 aliphatic heterocycles. The van der Waals surface area contributed by atoms with Crippen molar-refractivity contribution in [3.05, 3.63) is 89.9 Å². The lowest BCUT2D eigenvalue weighted by Gasteiger charge is -2.08. The molecular weight excluding hydrogens is 346 g/mol. The van der Waals surface area contributed by atoms with Gasteiger partial charge in [0, 0.05) is 17.1 Å². The summed E-state index contributed by atoms with van der Waals surface area (Å²) in [6, 6.07) is 21.1. The zero-order valence-corrected chi connectivity index (χ0v) is 15.2. The molecule has 2 heterocycles. The summed E-state index contributed by atoms with van der Waals surface area (Å²) in [5.74, 6) is 1.26. The molecule has 28 heavy (non-hydrogen) atoms. The zero-order chi connectivity index (χ0) is 18.5. The lowest BCUT2D eigenvalue weighted by atomic mass is 9.96. The fraction of sp³-hybridized carbons (Fsp3) is 0.125. The maximum Gasteiger partial charge on any atom is 0.181 e. The molecule has 5 aromatic rings. The fourth-order valence-corrected chi connectivity index (χ4v) is 4.23. The summed E-state index contributed by atoms with van der Waals surface area (Å²) < 4.78 is 5.37. The maximum absolute atomic E-state index is 5.37. The van der Waals surface area contributed by atoms with E-state index in [9.17, 15) is 0 Å². The van der Waals surface area contributed by atoms with Gasteiger partial charge >= 0.3 is 0 Å². The van der Waals surface area contributed by atoms with Crippen LogP contribution in [-0.4, -0.2) is 15.0 Å². The van der Waals surface area contributed by atoms with Crippen molar-refractivity contribution in [1.29, 1.82) is 0 Å². The summed E-state index contributed by atoms with van der Waals surface area (Å²) >= 11 is 0. The van der Waals surface area contributed by atoms with Crippen molar-refractivity contribution in [2.75, 3.05) is 0 Å². The first-order valence-corrected chi connectivity index (χ1v) is 9.51. The molecule has 1 unspecified atom stereocenters. The molecule has 1 aliphatic rings. The second kappa shape index (κ2) is 5.99. The molecule has 0 amide bonds. The molecule has 3 aromatic carbocycles. The van der Waals surface area contributed by atoms with Crippen molar-refractivity contribution in [2.45, 2.75) is 18.8 Å². The molecule has 0 radical (unpaired) electrons. The van der Waals surface area contributed by atoms with E-state index >= 15 is 0 Å². The van der Waals surface area contributed by atoms with Crippen LogP contribution in [0.1, 0.15) is 22.6 Å². The SMILES string of the molecule is c1ccc2nc(-c3ccc4c(c3)CC(c3ccc5ocnc5c3)C4)ncc2c1. The van der Waals surface area contributed by atoms with Gasteiger partial charge in [-0.1, -0.05) is 36.4 Å². The molecule has 0 fully saturated rings. The van der Waals surface area contributed by atoms with Crippen LogP contribution in [0.3, 0.4) is 0 Å². The Morgan fingerprint density at radius 1 is 0.821 bits per heavy atom. The first-order chi connectivity index (χ1) is 13.8. The summed E-state index contributed by atoms with van der Waals surface area (Å²) in [7, 11) is 0. The Labute approximate surface area is 161 Å². The van der Waals surface area contributed by atoms with Gasteiger partial charge in [-0.15, -0.1) is 0 Å². The highest BCUT2D eigenvalue weighted by Crippen LogP contribution is 2.36. The van der Waals surface area contributed by atoms with Crippen molar-refractivity contribution >= 4 is 22.0 Å². The number of aromatic nitrogens is 3. The van der Waals surface area contributed by atoms with Gasteiger partial charge in [-0.25, -0.2) is 15.0 Å².